The number of carbonyl (C=O) groups is 4. The Bertz CT molecular complexity index is 779. The lowest BCUT2D eigenvalue weighted by molar-refractivity contribution is -0.145. The number of hydrogen-bond donors (Lipinski definition) is 6. The Morgan fingerprint density at radius 2 is 1.05 bits per heavy atom. The molecule has 0 aromatic heterocycles. The van der Waals surface area contributed by atoms with Gasteiger partial charge in [0, 0.05) is 19.6 Å². The molecule has 0 saturated carbocycles. The zero-order valence-electron chi connectivity index (χ0n) is 25.7. The Labute approximate surface area is 251 Å². The van der Waals surface area contributed by atoms with E-state index in [0.717, 1.165) is 25.7 Å². The topological polar surface area (TPSA) is 180 Å². The van der Waals surface area contributed by atoms with Crippen molar-refractivity contribution in [3.8, 4) is 0 Å². The summed E-state index contributed by atoms with van der Waals surface area (Å²) in [7, 11) is 0. The molecule has 6 N–H and O–H groups in total. The Hall–Kier alpha value is -2.28. The molecule has 42 heavy (non-hydrogen) atoms. The number of aliphatic carboxylic acids is 4. The van der Waals surface area contributed by atoms with E-state index in [1.807, 2.05) is 0 Å². The van der Waals surface area contributed by atoms with Gasteiger partial charge in [-0.05, 0) is 12.3 Å². The molecule has 1 heterocycles. The lowest BCUT2D eigenvalue weighted by Crippen LogP contribution is -2.73. The summed E-state index contributed by atoms with van der Waals surface area (Å²) in [4.78, 5) is 49.3. The third-order valence-electron chi connectivity index (χ3n) is 7.95. The number of nitrogens with zero attached hydrogens (tertiary/aromatic N) is 2. The summed E-state index contributed by atoms with van der Waals surface area (Å²) in [6.45, 7) is 0.861. The first-order valence-electron chi connectivity index (χ1n) is 15.9. The molecule has 0 amide bonds. The number of carboxylic acids is 4. The van der Waals surface area contributed by atoms with Crippen LogP contribution in [-0.4, -0.2) is 106 Å². The highest BCUT2D eigenvalue weighted by Gasteiger charge is 2.43. The maximum absolute atomic E-state index is 11.8. The van der Waals surface area contributed by atoms with Crippen molar-refractivity contribution in [2.24, 2.45) is 5.92 Å². The molecule has 1 fully saturated rings. The molecule has 244 valence electrons. The van der Waals surface area contributed by atoms with Gasteiger partial charge in [0.05, 0.1) is 26.2 Å². The molecule has 1 unspecified atom stereocenters. The van der Waals surface area contributed by atoms with Crippen molar-refractivity contribution in [2.45, 2.75) is 115 Å². The minimum Gasteiger partial charge on any atom is -0.480 e. The SMILES string of the molecule is CCCCCCCCCCCCCCCCCC1CN(CC(=O)O)CC(NCC(=O)O)(NCC(=O)O)N(CC(=O)O)C1. The van der Waals surface area contributed by atoms with Crippen molar-refractivity contribution in [1.29, 1.82) is 0 Å². The van der Waals surface area contributed by atoms with Crippen molar-refractivity contribution in [1.82, 2.24) is 20.4 Å². The quantitative estimate of drug-likeness (QED) is 0.0628. The van der Waals surface area contributed by atoms with E-state index in [0.29, 0.717) is 6.54 Å². The molecule has 0 radical (unpaired) electrons. The summed E-state index contributed by atoms with van der Waals surface area (Å²) >= 11 is 0. The number of hydrogen-bond acceptors (Lipinski definition) is 8. The highest BCUT2D eigenvalue weighted by atomic mass is 16.4. The Morgan fingerprint density at radius 3 is 1.45 bits per heavy atom. The molecular weight excluding hydrogens is 544 g/mol. The fourth-order valence-electron chi connectivity index (χ4n) is 5.88. The van der Waals surface area contributed by atoms with Crippen LogP contribution in [0.3, 0.4) is 0 Å². The summed E-state index contributed by atoms with van der Waals surface area (Å²) < 4.78 is 0. The Morgan fingerprint density at radius 1 is 0.619 bits per heavy atom. The average Bonchev–Trinajstić information content (AvgIpc) is 3.04. The smallest absolute Gasteiger partial charge is 0.317 e. The zero-order valence-corrected chi connectivity index (χ0v) is 25.7. The lowest BCUT2D eigenvalue weighted by atomic mass is 9.98. The second-order valence-corrected chi connectivity index (χ2v) is 11.8. The van der Waals surface area contributed by atoms with Gasteiger partial charge in [0.2, 0.25) is 0 Å². The molecule has 1 saturated heterocycles. The van der Waals surface area contributed by atoms with Gasteiger partial charge in [0.1, 0.15) is 5.79 Å². The second kappa shape index (κ2) is 22.3. The first-order chi connectivity index (χ1) is 20.1. The molecule has 0 aromatic rings. The van der Waals surface area contributed by atoms with Gasteiger partial charge in [-0.2, -0.15) is 0 Å². The monoisotopic (exact) mass is 600 g/mol. The third-order valence-corrected chi connectivity index (χ3v) is 7.95. The molecule has 0 spiro atoms. The highest BCUT2D eigenvalue weighted by Crippen LogP contribution is 2.24. The largest absolute Gasteiger partial charge is 0.480 e. The summed E-state index contributed by atoms with van der Waals surface area (Å²) in [6, 6.07) is 0. The van der Waals surface area contributed by atoms with E-state index < -0.39 is 49.3 Å². The summed E-state index contributed by atoms with van der Waals surface area (Å²) in [6.07, 6.45) is 19.6. The number of unbranched alkanes of at least 4 members (excludes halogenated alkanes) is 14. The highest BCUT2D eigenvalue weighted by molar-refractivity contribution is 5.71. The predicted octanol–water partition coefficient (Wildman–Crippen LogP) is 3.65. The van der Waals surface area contributed by atoms with E-state index in [2.05, 4.69) is 17.6 Å². The van der Waals surface area contributed by atoms with Gasteiger partial charge in [-0.1, -0.05) is 103 Å². The van der Waals surface area contributed by atoms with E-state index in [4.69, 9.17) is 0 Å². The van der Waals surface area contributed by atoms with Crippen LogP contribution < -0.4 is 10.6 Å². The van der Waals surface area contributed by atoms with Crippen LogP contribution in [0.5, 0.6) is 0 Å². The number of rotatable bonds is 26. The van der Waals surface area contributed by atoms with Crippen LogP contribution >= 0.6 is 0 Å². The Kier molecular flexibility index (Phi) is 20.0. The van der Waals surface area contributed by atoms with E-state index in [1.165, 1.54) is 81.9 Å². The van der Waals surface area contributed by atoms with Crippen LogP contribution in [0, 0.1) is 5.92 Å². The van der Waals surface area contributed by atoms with E-state index in [-0.39, 0.29) is 25.6 Å². The first kappa shape index (κ1) is 37.7. The van der Waals surface area contributed by atoms with Gasteiger partial charge in [0.15, 0.2) is 0 Å². The zero-order chi connectivity index (χ0) is 31.2. The fraction of sp³-hybridized carbons (Fsp3) is 0.867. The van der Waals surface area contributed by atoms with Crippen molar-refractivity contribution in [3.63, 3.8) is 0 Å². The molecule has 1 atom stereocenters. The van der Waals surface area contributed by atoms with Crippen LogP contribution in [-0.2, 0) is 19.2 Å². The molecule has 12 nitrogen and oxygen atoms in total. The molecule has 1 aliphatic heterocycles. The minimum atomic E-state index is -1.55. The van der Waals surface area contributed by atoms with Crippen molar-refractivity contribution >= 4 is 23.9 Å². The Balaban J connectivity index is 2.62. The number of carboxylic acid groups (broad SMARTS) is 4. The molecule has 1 aliphatic rings. The second-order valence-electron chi connectivity index (χ2n) is 11.8. The standard InChI is InChI=1S/C30H56N4O8/c1-2-3-4-5-6-7-8-9-10-11-12-13-14-15-16-17-25-20-33(22-28(39)40)24-30(31-18-26(35)36,32-19-27(37)38)34(21-25)23-29(41)42/h25,31-32H,2-24H2,1H3,(H,35,36)(H,37,38)(H,39,40)(H,41,42). The summed E-state index contributed by atoms with van der Waals surface area (Å²) in [5, 5.41) is 43.3. The maximum atomic E-state index is 11.8. The van der Waals surface area contributed by atoms with Gasteiger partial charge in [-0.15, -0.1) is 0 Å². The van der Waals surface area contributed by atoms with Crippen LogP contribution in [0.15, 0.2) is 0 Å². The molecule has 0 aliphatic carbocycles. The van der Waals surface area contributed by atoms with Crippen molar-refractivity contribution < 1.29 is 39.6 Å². The fourth-order valence-corrected chi connectivity index (χ4v) is 5.88. The molecule has 0 aromatic carbocycles. The maximum Gasteiger partial charge on any atom is 0.317 e. The van der Waals surface area contributed by atoms with Gasteiger partial charge < -0.3 is 20.4 Å². The molecule has 12 heteroatoms. The van der Waals surface area contributed by atoms with Crippen LogP contribution in [0.4, 0.5) is 0 Å². The van der Waals surface area contributed by atoms with Crippen LogP contribution in [0.1, 0.15) is 110 Å². The lowest BCUT2D eigenvalue weighted by Gasteiger charge is -2.44. The average molecular weight is 601 g/mol. The van der Waals surface area contributed by atoms with E-state index in [9.17, 15) is 39.6 Å². The summed E-state index contributed by atoms with van der Waals surface area (Å²) in [5.74, 6) is -6.24. The first-order valence-corrected chi connectivity index (χ1v) is 15.9. The normalized spacial score (nSPS) is 17.6. The number of nitrogens with one attached hydrogen (secondary N) is 2. The third kappa shape index (κ3) is 17.6. The van der Waals surface area contributed by atoms with Gasteiger partial charge in [-0.3, -0.25) is 39.6 Å². The van der Waals surface area contributed by atoms with Gasteiger partial charge >= 0.3 is 23.9 Å². The van der Waals surface area contributed by atoms with Gasteiger partial charge in [-0.25, -0.2) is 0 Å². The summed E-state index contributed by atoms with van der Waals surface area (Å²) in [5.41, 5.74) is 0. The van der Waals surface area contributed by atoms with Crippen LogP contribution in [0.25, 0.3) is 0 Å². The molecule has 1 rings (SSSR count). The molecule has 0 bridgehead atoms. The van der Waals surface area contributed by atoms with E-state index in [1.54, 1.807) is 4.90 Å². The van der Waals surface area contributed by atoms with E-state index >= 15 is 0 Å². The van der Waals surface area contributed by atoms with Crippen molar-refractivity contribution in [2.75, 3.05) is 45.8 Å². The van der Waals surface area contributed by atoms with Gasteiger partial charge in [0.25, 0.3) is 0 Å². The minimum absolute atomic E-state index is 0.0641. The predicted molar refractivity (Wildman–Crippen MR) is 160 cm³/mol. The van der Waals surface area contributed by atoms with Crippen molar-refractivity contribution in [3.05, 3.63) is 0 Å². The molecular formula is C30H56N4O8. The van der Waals surface area contributed by atoms with Crippen LogP contribution in [0.2, 0.25) is 0 Å².